The monoisotopic (exact) mass is 371 g/mol. The Morgan fingerprint density at radius 1 is 1.00 bits per heavy atom. The third-order valence-corrected chi connectivity index (χ3v) is 4.68. The fourth-order valence-corrected chi connectivity index (χ4v) is 3.27. The lowest BCUT2D eigenvalue weighted by Crippen LogP contribution is -2.31. The zero-order valence-corrected chi connectivity index (χ0v) is 15.6. The number of benzene rings is 3. The first-order valence-electron chi connectivity index (χ1n) is 9.17. The van der Waals surface area contributed by atoms with Gasteiger partial charge in [-0.05, 0) is 36.2 Å². The van der Waals surface area contributed by atoms with Crippen LogP contribution in [-0.4, -0.2) is 23.0 Å². The highest BCUT2D eigenvalue weighted by Crippen LogP contribution is 2.22. The van der Waals surface area contributed by atoms with Crippen LogP contribution in [-0.2, 0) is 6.42 Å². The highest BCUT2D eigenvalue weighted by Gasteiger charge is 2.21. The SMILES string of the molecule is COc1ccccc1C(=O)NC(Cc1ccccc1)c1nc2ccccc2[nH]1. The number of amides is 1. The number of methoxy groups -OCH3 is 1. The molecule has 0 fully saturated rings. The van der Waals surface area contributed by atoms with Gasteiger partial charge in [0.05, 0.1) is 29.7 Å². The van der Waals surface area contributed by atoms with Gasteiger partial charge in [-0.15, -0.1) is 0 Å². The molecule has 5 nitrogen and oxygen atoms in total. The van der Waals surface area contributed by atoms with E-state index >= 15 is 0 Å². The zero-order chi connectivity index (χ0) is 19.3. The second-order valence-corrected chi connectivity index (χ2v) is 6.56. The van der Waals surface area contributed by atoms with Crippen LogP contribution in [0.1, 0.15) is 27.8 Å². The first kappa shape index (κ1) is 17.8. The van der Waals surface area contributed by atoms with E-state index < -0.39 is 0 Å². The van der Waals surface area contributed by atoms with Crippen LogP contribution < -0.4 is 10.1 Å². The van der Waals surface area contributed by atoms with Crippen LogP contribution in [0.4, 0.5) is 0 Å². The van der Waals surface area contributed by atoms with Gasteiger partial charge in [0, 0.05) is 0 Å². The van der Waals surface area contributed by atoms with Gasteiger partial charge >= 0.3 is 0 Å². The van der Waals surface area contributed by atoms with Crippen molar-refractivity contribution in [2.24, 2.45) is 0 Å². The molecular formula is C23H21N3O2. The van der Waals surface area contributed by atoms with E-state index in [-0.39, 0.29) is 11.9 Å². The first-order chi connectivity index (χ1) is 13.7. The standard InChI is InChI=1S/C23H21N3O2/c1-28-21-14-8-5-11-17(21)23(27)26-20(15-16-9-3-2-4-10-16)22-24-18-12-6-7-13-19(18)25-22/h2-14,20H,15H2,1H3,(H,24,25)(H,26,27). The molecule has 1 unspecified atom stereocenters. The van der Waals surface area contributed by atoms with Crippen LogP contribution in [0.5, 0.6) is 5.75 Å². The Morgan fingerprint density at radius 3 is 2.50 bits per heavy atom. The molecule has 0 aliphatic rings. The molecule has 2 N–H and O–H groups in total. The second kappa shape index (κ2) is 7.96. The third kappa shape index (κ3) is 3.74. The fraction of sp³-hybridized carbons (Fsp3) is 0.130. The van der Waals surface area contributed by atoms with Crippen molar-refractivity contribution in [3.05, 3.63) is 95.8 Å². The number of hydrogen-bond donors (Lipinski definition) is 2. The van der Waals surface area contributed by atoms with E-state index in [4.69, 9.17) is 9.72 Å². The number of aromatic amines is 1. The van der Waals surface area contributed by atoms with Gasteiger partial charge in [0.15, 0.2) is 0 Å². The summed E-state index contributed by atoms with van der Waals surface area (Å²) in [6.45, 7) is 0. The maximum absolute atomic E-state index is 13.0. The van der Waals surface area contributed by atoms with Crippen molar-refractivity contribution in [2.45, 2.75) is 12.5 Å². The molecule has 1 atom stereocenters. The van der Waals surface area contributed by atoms with Crippen molar-refractivity contribution in [3.8, 4) is 5.75 Å². The summed E-state index contributed by atoms with van der Waals surface area (Å²) in [5.74, 6) is 1.08. The Morgan fingerprint density at radius 2 is 1.71 bits per heavy atom. The molecule has 0 saturated heterocycles. The Balaban J connectivity index is 1.67. The Hall–Kier alpha value is -3.60. The fourth-order valence-electron chi connectivity index (χ4n) is 3.27. The van der Waals surface area contributed by atoms with Crippen LogP contribution in [0, 0.1) is 0 Å². The van der Waals surface area contributed by atoms with Crippen molar-refractivity contribution < 1.29 is 9.53 Å². The number of fused-ring (bicyclic) bond motifs is 1. The topological polar surface area (TPSA) is 67.0 Å². The van der Waals surface area contributed by atoms with Gasteiger partial charge in [-0.1, -0.05) is 54.6 Å². The van der Waals surface area contributed by atoms with E-state index in [0.29, 0.717) is 17.7 Å². The molecule has 1 amide bonds. The number of hydrogen-bond acceptors (Lipinski definition) is 3. The molecule has 1 aromatic heterocycles. The van der Waals surface area contributed by atoms with E-state index in [1.54, 1.807) is 19.2 Å². The van der Waals surface area contributed by atoms with E-state index in [9.17, 15) is 4.79 Å². The summed E-state index contributed by atoms with van der Waals surface area (Å²) in [7, 11) is 1.56. The van der Waals surface area contributed by atoms with Gasteiger partial charge < -0.3 is 15.0 Å². The molecule has 4 aromatic rings. The largest absolute Gasteiger partial charge is 0.496 e. The van der Waals surface area contributed by atoms with Gasteiger partial charge in [-0.3, -0.25) is 4.79 Å². The second-order valence-electron chi connectivity index (χ2n) is 6.56. The summed E-state index contributed by atoms with van der Waals surface area (Å²) in [5, 5.41) is 3.12. The number of para-hydroxylation sites is 3. The maximum atomic E-state index is 13.0. The summed E-state index contributed by atoms with van der Waals surface area (Å²) in [6.07, 6.45) is 0.627. The number of aromatic nitrogens is 2. The predicted octanol–water partition coefficient (Wildman–Crippen LogP) is 4.29. The molecule has 0 aliphatic carbocycles. The molecule has 0 saturated carbocycles. The van der Waals surface area contributed by atoms with Crippen molar-refractivity contribution in [2.75, 3.05) is 7.11 Å². The van der Waals surface area contributed by atoms with Crippen molar-refractivity contribution >= 4 is 16.9 Å². The van der Waals surface area contributed by atoms with Gasteiger partial charge in [-0.25, -0.2) is 4.98 Å². The van der Waals surface area contributed by atoms with Crippen molar-refractivity contribution in [3.63, 3.8) is 0 Å². The van der Waals surface area contributed by atoms with E-state index in [2.05, 4.69) is 10.3 Å². The molecule has 28 heavy (non-hydrogen) atoms. The number of imidazole rings is 1. The highest BCUT2D eigenvalue weighted by molar-refractivity contribution is 5.97. The zero-order valence-electron chi connectivity index (χ0n) is 15.6. The van der Waals surface area contributed by atoms with Crippen LogP contribution in [0.3, 0.4) is 0 Å². The van der Waals surface area contributed by atoms with Crippen molar-refractivity contribution in [1.82, 2.24) is 15.3 Å². The molecular weight excluding hydrogens is 350 g/mol. The lowest BCUT2D eigenvalue weighted by Gasteiger charge is -2.18. The smallest absolute Gasteiger partial charge is 0.255 e. The number of rotatable bonds is 6. The molecule has 4 rings (SSSR count). The number of carbonyl (C=O) groups is 1. The van der Waals surface area contributed by atoms with Crippen LogP contribution in [0.2, 0.25) is 0 Å². The summed E-state index contributed by atoms with van der Waals surface area (Å²) in [6, 6.07) is 24.8. The first-order valence-corrected chi connectivity index (χ1v) is 9.17. The molecule has 0 spiro atoms. The number of nitrogens with zero attached hydrogens (tertiary/aromatic N) is 1. The summed E-state index contributed by atoms with van der Waals surface area (Å²) >= 11 is 0. The van der Waals surface area contributed by atoms with Gasteiger partial charge in [0.2, 0.25) is 0 Å². The number of carbonyl (C=O) groups excluding carboxylic acids is 1. The molecule has 0 radical (unpaired) electrons. The molecule has 140 valence electrons. The van der Waals surface area contributed by atoms with Crippen LogP contribution in [0.25, 0.3) is 11.0 Å². The molecule has 3 aromatic carbocycles. The molecule has 0 aliphatic heterocycles. The average molecular weight is 371 g/mol. The van der Waals surface area contributed by atoms with Crippen LogP contribution >= 0.6 is 0 Å². The minimum absolute atomic E-state index is 0.196. The Bertz CT molecular complexity index is 1060. The van der Waals surface area contributed by atoms with Gasteiger partial charge in [0.1, 0.15) is 11.6 Å². The van der Waals surface area contributed by atoms with E-state index in [1.807, 2.05) is 66.7 Å². The summed E-state index contributed by atoms with van der Waals surface area (Å²) in [5.41, 5.74) is 3.44. The number of H-pyrrole nitrogens is 1. The average Bonchev–Trinajstić information content (AvgIpc) is 3.18. The van der Waals surface area contributed by atoms with E-state index in [0.717, 1.165) is 22.4 Å². The lowest BCUT2D eigenvalue weighted by atomic mass is 10.0. The quantitative estimate of drug-likeness (QED) is 0.531. The summed E-state index contributed by atoms with van der Waals surface area (Å²) < 4.78 is 5.34. The van der Waals surface area contributed by atoms with Crippen LogP contribution in [0.15, 0.2) is 78.9 Å². The highest BCUT2D eigenvalue weighted by atomic mass is 16.5. The summed E-state index contributed by atoms with van der Waals surface area (Å²) in [4.78, 5) is 21.0. The Labute approximate surface area is 163 Å². The minimum Gasteiger partial charge on any atom is -0.496 e. The predicted molar refractivity (Wildman–Crippen MR) is 109 cm³/mol. The third-order valence-electron chi connectivity index (χ3n) is 4.68. The minimum atomic E-state index is -0.299. The van der Waals surface area contributed by atoms with Gasteiger partial charge in [-0.2, -0.15) is 0 Å². The number of nitrogens with one attached hydrogen (secondary N) is 2. The van der Waals surface area contributed by atoms with E-state index in [1.165, 1.54) is 0 Å². The lowest BCUT2D eigenvalue weighted by molar-refractivity contribution is 0.0932. The van der Waals surface area contributed by atoms with Gasteiger partial charge in [0.25, 0.3) is 5.91 Å². The normalized spacial score (nSPS) is 11.9. The van der Waals surface area contributed by atoms with Crippen molar-refractivity contribution in [1.29, 1.82) is 0 Å². The number of ether oxygens (including phenoxy) is 1. The molecule has 0 bridgehead atoms. The molecule has 1 heterocycles. The molecule has 5 heteroatoms. The maximum Gasteiger partial charge on any atom is 0.255 e. The Kier molecular flexibility index (Phi) is 5.06.